The Labute approximate surface area is 171 Å². The van der Waals surface area contributed by atoms with E-state index in [0.29, 0.717) is 31.9 Å². The molecular formula is C21H26FN3O3S. The number of hydrogen-bond donors (Lipinski definition) is 0. The van der Waals surface area contributed by atoms with Crippen LogP contribution in [0.4, 0.5) is 15.8 Å². The molecule has 1 saturated heterocycles. The van der Waals surface area contributed by atoms with E-state index in [-0.39, 0.29) is 11.7 Å². The van der Waals surface area contributed by atoms with Gasteiger partial charge in [0.25, 0.3) is 0 Å². The number of aryl methyl sites for hydroxylation is 1. The fourth-order valence-corrected chi connectivity index (χ4v) is 4.83. The highest BCUT2D eigenvalue weighted by molar-refractivity contribution is 7.92. The van der Waals surface area contributed by atoms with Gasteiger partial charge in [0.05, 0.1) is 11.9 Å². The zero-order valence-electron chi connectivity index (χ0n) is 16.9. The number of nitrogens with zero attached hydrogens (tertiary/aromatic N) is 3. The monoisotopic (exact) mass is 419 g/mol. The standard InChI is InChI=1S/C21H26FN3O3S/c1-16-5-4-6-20(15-16)25(29(3,27)28)17(2)21(26)24-13-11-23(12-14-24)19-9-7-18(22)8-10-19/h4-10,15,17H,11-14H2,1-3H3. The highest BCUT2D eigenvalue weighted by Gasteiger charge is 2.33. The SMILES string of the molecule is Cc1cccc(N(C(C)C(=O)N2CCN(c3ccc(F)cc3)CC2)S(C)(=O)=O)c1. The van der Waals surface area contributed by atoms with Gasteiger partial charge in [0.15, 0.2) is 0 Å². The summed E-state index contributed by atoms with van der Waals surface area (Å²) in [7, 11) is -3.64. The first-order valence-corrected chi connectivity index (χ1v) is 11.4. The van der Waals surface area contributed by atoms with Gasteiger partial charge in [0, 0.05) is 31.9 Å². The minimum atomic E-state index is -3.64. The molecule has 0 saturated carbocycles. The Hall–Kier alpha value is -2.61. The molecule has 3 rings (SSSR count). The van der Waals surface area contributed by atoms with E-state index < -0.39 is 16.1 Å². The Morgan fingerprint density at radius 2 is 1.69 bits per heavy atom. The number of anilines is 2. The van der Waals surface area contributed by atoms with Crippen LogP contribution in [0.15, 0.2) is 48.5 Å². The largest absolute Gasteiger partial charge is 0.368 e. The summed E-state index contributed by atoms with van der Waals surface area (Å²) in [6.45, 7) is 5.67. The van der Waals surface area contributed by atoms with Crippen LogP contribution in [-0.2, 0) is 14.8 Å². The van der Waals surface area contributed by atoms with Gasteiger partial charge in [0.2, 0.25) is 15.9 Å². The van der Waals surface area contributed by atoms with Crippen LogP contribution in [0.5, 0.6) is 0 Å². The van der Waals surface area contributed by atoms with Gasteiger partial charge in [-0.1, -0.05) is 12.1 Å². The molecular weight excluding hydrogens is 393 g/mol. The third kappa shape index (κ3) is 4.87. The Kier molecular flexibility index (Phi) is 6.12. The van der Waals surface area contributed by atoms with E-state index in [9.17, 15) is 17.6 Å². The van der Waals surface area contributed by atoms with Crippen molar-refractivity contribution < 1.29 is 17.6 Å². The maximum absolute atomic E-state index is 13.1. The summed E-state index contributed by atoms with van der Waals surface area (Å²) in [6.07, 6.45) is 1.12. The molecule has 2 aromatic rings. The van der Waals surface area contributed by atoms with Crippen LogP contribution in [0.2, 0.25) is 0 Å². The molecule has 0 aromatic heterocycles. The molecule has 2 aromatic carbocycles. The average Bonchev–Trinajstić information content (AvgIpc) is 2.67. The number of carbonyl (C=O) groups is 1. The first kappa shape index (κ1) is 21.1. The molecule has 0 N–H and O–H groups in total. The Morgan fingerprint density at radius 1 is 1.07 bits per heavy atom. The van der Waals surface area contributed by atoms with Crippen molar-refractivity contribution in [2.75, 3.05) is 41.6 Å². The quantitative estimate of drug-likeness (QED) is 0.748. The molecule has 0 bridgehead atoms. The van der Waals surface area contributed by atoms with Crippen LogP contribution < -0.4 is 9.21 Å². The van der Waals surface area contributed by atoms with Gasteiger partial charge in [0.1, 0.15) is 11.9 Å². The van der Waals surface area contributed by atoms with E-state index in [4.69, 9.17) is 0 Å². The van der Waals surface area contributed by atoms with E-state index in [0.717, 1.165) is 17.5 Å². The second-order valence-electron chi connectivity index (χ2n) is 7.36. The Bertz CT molecular complexity index is 971. The van der Waals surface area contributed by atoms with Gasteiger partial charge >= 0.3 is 0 Å². The Balaban J connectivity index is 1.72. The summed E-state index contributed by atoms with van der Waals surface area (Å²) < 4.78 is 39.2. The van der Waals surface area contributed by atoms with E-state index in [1.807, 2.05) is 13.0 Å². The van der Waals surface area contributed by atoms with Crippen molar-refractivity contribution in [2.24, 2.45) is 0 Å². The molecule has 1 atom stereocenters. The molecule has 0 aliphatic carbocycles. The maximum Gasteiger partial charge on any atom is 0.246 e. The molecule has 1 aliphatic heterocycles. The van der Waals surface area contributed by atoms with E-state index in [2.05, 4.69) is 4.90 Å². The molecule has 1 aliphatic rings. The number of piperazine rings is 1. The third-order valence-corrected chi connectivity index (χ3v) is 6.35. The predicted octanol–water partition coefficient (Wildman–Crippen LogP) is 2.64. The van der Waals surface area contributed by atoms with Crippen LogP contribution in [0, 0.1) is 12.7 Å². The summed E-state index contributed by atoms with van der Waals surface area (Å²) in [5, 5.41) is 0. The first-order valence-electron chi connectivity index (χ1n) is 9.52. The highest BCUT2D eigenvalue weighted by Crippen LogP contribution is 2.24. The fraction of sp³-hybridized carbons (Fsp3) is 0.381. The van der Waals surface area contributed by atoms with E-state index >= 15 is 0 Å². The molecule has 0 spiro atoms. The number of amides is 1. The highest BCUT2D eigenvalue weighted by atomic mass is 32.2. The lowest BCUT2D eigenvalue weighted by atomic mass is 10.2. The van der Waals surface area contributed by atoms with Crippen LogP contribution in [0.25, 0.3) is 0 Å². The van der Waals surface area contributed by atoms with Crippen LogP contribution in [-0.4, -0.2) is 57.7 Å². The molecule has 1 amide bonds. The van der Waals surface area contributed by atoms with Crippen molar-refractivity contribution in [3.8, 4) is 0 Å². The van der Waals surface area contributed by atoms with Crippen molar-refractivity contribution >= 4 is 27.3 Å². The molecule has 1 unspecified atom stereocenters. The first-order chi connectivity index (χ1) is 13.7. The molecule has 6 nitrogen and oxygen atoms in total. The lowest BCUT2D eigenvalue weighted by Crippen LogP contribution is -2.55. The summed E-state index contributed by atoms with van der Waals surface area (Å²) in [6, 6.07) is 12.6. The van der Waals surface area contributed by atoms with Gasteiger partial charge in [-0.2, -0.15) is 0 Å². The van der Waals surface area contributed by atoms with Crippen LogP contribution in [0.1, 0.15) is 12.5 Å². The second-order valence-corrected chi connectivity index (χ2v) is 9.22. The van der Waals surface area contributed by atoms with Gasteiger partial charge in [-0.25, -0.2) is 12.8 Å². The normalized spacial score (nSPS) is 15.9. The predicted molar refractivity (Wildman–Crippen MR) is 113 cm³/mol. The minimum Gasteiger partial charge on any atom is -0.368 e. The summed E-state index contributed by atoms with van der Waals surface area (Å²) in [5.41, 5.74) is 2.31. The molecule has 156 valence electrons. The zero-order chi connectivity index (χ0) is 21.2. The number of sulfonamides is 1. The third-order valence-electron chi connectivity index (χ3n) is 5.11. The zero-order valence-corrected chi connectivity index (χ0v) is 17.7. The fourth-order valence-electron chi connectivity index (χ4n) is 3.67. The van der Waals surface area contributed by atoms with E-state index in [1.165, 1.54) is 16.4 Å². The topological polar surface area (TPSA) is 60.9 Å². The second kappa shape index (κ2) is 8.41. The number of halogens is 1. The lowest BCUT2D eigenvalue weighted by Gasteiger charge is -2.39. The number of rotatable bonds is 5. The number of benzene rings is 2. The van der Waals surface area contributed by atoms with Gasteiger partial charge in [-0.05, 0) is 55.8 Å². The van der Waals surface area contributed by atoms with Crippen molar-refractivity contribution in [2.45, 2.75) is 19.9 Å². The molecule has 29 heavy (non-hydrogen) atoms. The van der Waals surface area contributed by atoms with Crippen molar-refractivity contribution in [3.05, 3.63) is 59.9 Å². The van der Waals surface area contributed by atoms with Crippen LogP contribution in [0.3, 0.4) is 0 Å². The Morgan fingerprint density at radius 3 is 2.24 bits per heavy atom. The molecule has 8 heteroatoms. The van der Waals surface area contributed by atoms with Crippen molar-refractivity contribution in [3.63, 3.8) is 0 Å². The van der Waals surface area contributed by atoms with Gasteiger partial charge in [-0.15, -0.1) is 0 Å². The van der Waals surface area contributed by atoms with E-state index in [1.54, 1.807) is 42.2 Å². The minimum absolute atomic E-state index is 0.226. The smallest absolute Gasteiger partial charge is 0.246 e. The van der Waals surface area contributed by atoms with Gasteiger partial charge < -0.3 is 9.80 Å². The number of hydrogen-bond acceptors (Lipinski definition) is 4. The maximum atomic E-state index is 13.1. The summed E-state index contributed by atoms with van der Waals surface area (Å²) in [5.74, 6) is -0.510. The molecule has 1 heterocycles. The van der Waals surface area contributed by atoms with Crippen LogP contribution >= 0.6 is 0 Å². The summed E-state index contributed by atoms with van der Waals surface area (Å²) >= 11 is 0. The van der Waals surface area contributed by atoms with Gasteiger partial charge in [-0.3, -0.25) is 9.10 Å². The number of carbonyl (C=O) groups excluding carboxylic acids is 1. The summed E-state index contributed by atoms with van der Waals surface area (Å²) in [4.78, 5) is 16.9. The van der Waals surface area contributed by atoms with Crippen molar-refractivity contribution in [1.29, 1.82) is 0 Å². The lowest BCUT2D eigenvalue weighted by molar-refractivity contribution is -0.132. The average molecular weight is 420 g/mol. The molecule has 1 fully saturated rings. The molecule has 0 radical (unpaired) electrons. The van der Waals surface area contributed by atoms with Crippen molar-refractivity contribution in [1.82, 2.24) is 4.90 Å².